The molecule has 23 heavy (non-hydrogen) atoms. The number of ketones is 1. The van der Waals surface area contributed by atoms with Crippen LogP contribution in [0.1, 0.15) is 16.2 Å². The summed E-state index contributed by atoms with van der Waals surface area (Å²) < 4.78 is -1.82. The van der Waals surface area contributed by atoms with Gasteiger partial charge in [0.1, 0.15) is 0 Å². The van der Waals surface area contributed by atoms with Gasteiger partial charge in [-0.2, -0.15) is 0 Å². The smallest absolute Gasteiger partial charge is 0.239 e. The van der Waals surface area contributed by atoms with E-state index in [1.807, 2.05) is 36.4 Å². The van der Waals surface area contributed by atoms with Crippen LogP contribution in [0.4, 0.5) is 0 Å². The van der Waals surface area contributed by atoms with Crippen molar-refractivity contribution in [2.75, 3.05) is 0 Å². The molecule has 0 unspecified atom stereocenters. The number of halogens is 2. The topological polar surface area (TPSA) is 42.9 Å². The van der Waals surface area contributed by atoms with Gasteiger partial charge in [-0.25, -0.2) is 9.97 Å². The van der Waals surface area contributed by atoms with Gasteiger partial charge in [0.25, 0.3) is 0 Å². The molecule has 3 aromatic rings. The first-order chi connectivity index (χ1) is 11.1. The SMILES string of the molecule is O=C(c1ccccc1)C(Cl)(Cl)c1ncc(-c2ccccc2)cn1. The Bertz CT molecular complexity index is 803. The largest absolute Gasteiger partial charge is 0.290 e. The van der Waals surface area contributed by atoms with E-state index in [1.165, 1.54) is 0 Å². The number of carbonyl (C=O) groups excluding carboxylic acids is 1. The van der Waals surface area contributed by atoms with Crippen molar-refractivity contribution in [1.29, 1.82) is 0 Å². The van der Waals surface area contributed by atoms with Gasteiger partial charge in [-0.05, 0) is 5.56 Å². The summed E-state index contributed by atoms with van der Waals surface area (Å²) in [6.07, 6.45) is 3.21. The Hall–Kier alpha value is -2.23. The predicted molar refractivity (Wildman–Crippen MR) is 91.6 cm³/mol. The minimum atomic E-state index is -1.82. The summed E-state index contributed by atoms with van der Waals surface area (Å²) in [4.78, 5) is 20.8. The summed E-state index contributed by atoms with van der Waals surface area (Å²) in [5.74, 6) is -0.386. The van der Waals surface area contributed by atoms with Gasteiger partial charge in [0, 0.05) is 23.5 Å². The third-order valence-corrected chi connectivity index (χ3v) is 4.04. The summed E-state index contributed by atoms with van der Waals surface area (Å²) in [5.41, 5.74) is 2.21. The van der Waals surface area contributed by atoms with E-state index in [9.17, 15) is 4.79 Å². The second-order valence-electron chi connectivity index (χ2n) is 4.93. The number of aromatic nitrogens is 2. The van der Waals surface area contributed by atoms with Crippen molar-refractivity contribution in [3.05, 3.63) is 84.4 Å². The molecule has 0 saturated carbocycles. The van der Waals surface area contributed by atoms with Crippen LogP contribution in [0, 0.1) is 0 Å². The molecule has 2 aromatic carbocycles. The van der Waals surface area contributed by atoms with E-state index in [-0.39, 0.29) is 5.82 Å². The van der Waals surface area contributed by atoms with Crippen LogP contribution in [0.15, 0.2) is 73.1 Å². The highest BCUT2D eigenvalue weighted by Gasteiger charge is 2.39. The molecule has 0 radical (unpaired) electrons. The fourth-order valence-electron chi connectivity index (χ4n) is 2.14. The van der Waals surface area contributed by atoms with Crippen LogP contribution in [0.5, 0.6) is 0 Å². The lowest BCUT2D eigenvalue weighted by molar-refractivity contribution is 0.0969. The third kappa shape index (κ3) is 3.26. The molecule has 0 bridgehead atoms. The van der Waals surface area contributed by atoms with E-state index in [0.717, 1.165) is 11.1 Å². The highest BCUT2D eigenvalue weighted by atomic mass is 35.5. The van der Waals surface area contributed by atoms with Gasteiger partial charge in [0.05, 0.1) is 0 Å². The van der Waals surface area contributed by atoms with E-state index in [0.29, 0.717) is 5.56 Å². The molecule has 1 aromatic heterocycles. The van der Waals surface area contributed by atoms with Crippen LogP contribution in [0.2, 0.25) is 0 Å². The number of Topliss-reactive ketones (excluding diaryl/α,β-unsaturated/α-hetero) is 1. The van der Waals surface area contributed by atoms with Gasteiger partial charge >= 0.3 is 0 Å². The molecule has 114 valence electrons. The number of benzene rings is 2. The van der Waals surface area contributed by atoms with E-state index in [1.54, 1.807) is 36.7 Å². The summed E-state index contributed by atoms with van der Waals surface area (Å²) in [5, 5.41) is 0. The van der Waals surface area contributed by atoms with Gasteiger partial charge in [0.2, 0.25) is 10.1 Å². The van der Waals surface area contributed by atoms with Crippen molar-refractivity contribution >= 4 is 29.0 Å². The zero-order chi connectivity index (χ0) is 16.3. The number of hydrogen-bond acceptors (Lipinski definition) is 3. The Morgan fingerprint density at radius 3 is 1.87 bits per heavy atom. The highest BCUT2D eigenvalue weighted by molar-refractivity contribution is 6.59. The first kappa shape index (κ1) is 15.7. The molecule has 0 spiro atoms. The Morgan fingerprint density at radius 2 is 1.30 bits per heavy atom. The van der Waals surface area contributed by atoms with Crippen molar-refractivity contribution in [3.63, 3.8) is 0 Å². The molecule has 0 aliphatic rings. The van der Waals surface area contributed by atoms with Crippen molar-refractivity contribution in [1.82, 2.24) is 9.97 Å². The van der Waals surface area contributed by atoms with Gasteiger partial charge in [-0.1, -0.05) is 83.9 Å². The normalized spacial score (nSPS) is 11.2. The summed E-state index contributed by atoms with van der Waals surface area (Å²) >= 11 is 12.5. The van der Waals surface area contributed by atoms with Crippen molar-refractivity contribution in [2.45, 2.75) is 4.33 Å². The quantitative estimate of drug-likeness (QED) is 0.511. The predicted octanol–water partition coefficient (Wildman–Crippen LogP) is 4.66. The molecule has 0 atom stereocenters. The van der Waals surface area contributed by atoms with Gasteiger partial charge in [0.15, 0.2) is 5.82 Å². The zero-order valence-electron chi connectivity index (χ0n) is 12.0. The van der Waals surface area contributed by atoms with Gasteiger partial charge in [-0.15, -0.1) is 0 Å². The fourth-order valence-corrected chi connectivity index (χ4v) is 2.56. The highest BCUT2D eigenvalue weighted by Crippen LogP contribution is 2.35. The molecule has 5 heteroatoms. The van der Waals surface area contributed by atoms with Crippen molar-refractivity contribution in [2.24, 2.45) is 0 Å². The van der Waals surface area contributed by atoms with E-state index < -0.39 is 10.1 Å². The van der Waals surface area contributed by atoms with E-state index in [4.69, 9.17) is 23.2 Å². The maximum Gasteiger partial charge on any atom is 0.239 e. The molecule has 1 heterocycles. The molecule has 0 N–H and O–H groups in total. The number of rotatable bonds is 4. The van der Waals surface area contributed by atoms with Gasteiger partial charge in [-0.3, -0.25) is 4.79 Å². The number of carbonyl (C=O) groups is 1. The van der Waals surface area contributed by atoms with E-state index in [2.05, 4.69) is 9.97 Å². The van der Waals surface area contributed by atoms with Crippen LogP contribution in [0.3, 0.4) is 0 Å². The zero-order valence-corrected chi connectivity index (χ0v) is 13.5. The number of nitrogens with zero attached hydrogens (tertiary/aromatic N) is 2. The van der Waals surface area contributed by atoms with Crippen LogP contribution in [0.25, 0.3) is 11.1 Å². The van der Waals surface area contributed by atoms with Crippen LogP contribution < -0.4 is 0 Å². The lowest BCUT2D eigenvalue weighted by Crippen LogP contribution is -2.26. The first-order valence-electron chi connectivity index (χ1n) is 6.94. The fraction of sp³-hybridized carbons (Fsp3) is 0.0556. The van der Waals surface area contributed by atoms with Gasteiger partial charge < -0.3 is 0 Å². The second-order valence-corrected chi connectivity index (χ2v) is 6.26. The summed E-state index contributed by atoms with van der Waals surface area (Å²) in [6.45, 7) is 0. The molecule has 0 aliphatic carbocycles. The molecule has 0 saturated heterocycles. The molecular weight excluding hydrogens is 331 g/mol. The minimum Gasteiger partial charge on any atom is -0.290 e. The van der Waals surface area contributed by atoms with Crippen LogP contribution in [-0.2, 0) is 4.33 Å². The molecular formula is C18H12Cl2N2O. The Kier molecular flexibility index (Phi) is 4.42. The maximum absolute atomic E-state index is 12.5. The maximum atomic E-state index is 12.5. The average Bonchev–Trinajstić information content (AvgIpc) is 2.62. The Balaban J connectivity index is 1.90. The summed E-state index contributed by atoms with van der Waals surface area (Å²) in [6, 6.07) is 18.3. The summed E-state index contributed by atoms with van der Waals surface area (Å²) in [7, 11) is 0. The minimum absolute atomic E-state index is 0.0642. The molecule has 0 aliphatic heterocycles. The second kappa shape index (κ2) is 6.49. The monoisotopic (exact) mass is 342 g/mol. The van der Waals surface area contributed by atoms with E-state index >= 15 is 0 Å². The first-order valence-corrected chi connectivity index (χ1v) is 7.70. The number of alkyl halides is 2. The third-order valence-electron chi connectivity index (χ3n) is 3.36. The Morgan fingerprint density at radius 1 is 0.783 bits per heavy atom. The number of hydrogen-bond donors (Lipinski definition) is 0. The molecule has 3 rings (SSSR count). The molecule has 0 amide bonds. The standard InChI is InChI=1S/C18H12Cl2N2O/c19-18(20,16(23)14-9-5-2-6-10-14)17-21-11-15(12-22-17)13-7-3-1-4-8-13/h1-12H. The van der Waals surface area contributed by atoms with Crippen molar-refractivity contribution in [3.8, 4) is 11.1 Å². The lowest BCUT2D eigenvalue weighted by Gasteiger charge is -2.16. The average molecular weight is 343 g/mol. The Labute approximate surface area is 143 Å². The van der Waals surface area contributed by atoms with Crippen LogP contribution in [-0.4, -0.2) is 15.8 Å². The van der Waals surface area contributed by atoms with Crippen molar-refractivity contribution < 1.29 is 4.79 Å². The molecule has 3 nitrogen and oxygen atoms in total. The lowest BCUT2D eigenvalue weighted by atomic mass is 10.1. The van der Waals surface area contributed by atoms with Crippen LogP contribution >= 0.6 is 23.2 Å². The molecule has 0 fully saturated rings.